The lowest BCUT2D eigenvalue weighted by atomic mass is 10.0. The predicted octanol–water partition coefficient (Wildman–Crippen LogP) is 1.64. The zero-order valence-electron chi connectivity index (χ0n) is 19.3. The Morgan fingerprint density at radius 3 is 2.53 bits per heavy atom. The zero-order valence-corrected chi connectivity index (χ0v) is 20.1. The second-order valence-electron chi connectivity index (χ2n) is 8.17. The summed E-state index contributed by atoms with van der Waals surface area (Å²) in [6, 6.07) is 12.7. The summed E-state index contributed by atoms with van der Waals surface area (Å²) < 4.78 is 10.6. The molecular formula is C24H24N4O7S. The summed E-state index contributed by atoms with van der Waals surface area (Å²) in [7, 11) is 1.48. The van der Waals surface area contributed by atoms with E-state index in [9.17, 15) is 24.5 Å². The molecule has 0 aliphatic carbocycles. The summed E-state index contributed by atoms with van der Waals surface area (Å²) >= 11 is 1.40. The molecule has 2 aromatic carbocycles. The normalized spacial score (nSPS) is 19.7. The molecule has 2 aliphatic rings. The third-order valence-electron chi connectivity index (χ3n) is 5.82. The van der Waals surface area contributed by atoms with E-state index in [1.165, 1.54) is 48.0 Å². The summed E-state index contributed by atoms with van der Waals surface area (Å²) in [6.07, 6.45) is 0. The van der Waals surface area contributed by atoms with E-state index in [1.807, 2.05) is 6.07 Å². The highest BCUT2D eigenvalue weighted by molar-refractivity contribution is 8.00. The number of carbonyl (C=O) groups is 3. The number of hydrogen-bond acceptors (Lipinski definition) is 9. The number of esters is 1. The van der Waals surface area contributed by atoms with Crippen LogP contribution in [0.2, 0.25) is 0 Å². The number of rotatable bonds is 9. The Bertz CT molecular complexity index is 1200. The van der Waals surface area contributed by atoms with Gasteiger partial charge in [-0.05, 0) is 28.8 Å². The third-order valence-corrected chi connectivity index (χ3v) is 7.15. The number of nitro groups is 1. The van der Waals surface area contributed by atoms with Crippen LogP contribution < -0.4 is 11.1 Å². The molecule has 0 radical (unpaired) electrons. The maximum absolute atomic E-state index is 13.0. The van der Waals surface area contributed by atoms with Gasteiger partial charge in [-0.25, -0.2) is 4.79 Å². The molecule has 188 valence electrons. The molecule has 4 rings (SSSR count). The molecule has 2 heterocycles. The summed E-state index contributed by atoms with van der Waals surface area (Å²) in [5.74, 6) is -1.25. The number of non-ortho nitro benzene ring substituents is 1. The van der Waals surface area contributed by atoms with Crippen molar-refractivity contribution in [2.45, 2.75) is 24.1 Å². The van der Waals surface area contributed by atoms with E-state index in [4.69, 9.17) is 15.2 Å². The topological polar surface area (TPSA) is 154 Å². The van der Waals surface area contributed by atoms with Crippen molar-refractivity contribution < 1.29 is 28.8 Å². The molecule has 1 fully saturated rings. The number of nitrogens with two attached hydrogens (primary N) is 1. The van der Waals surface area contributed by atoms with Gasteiger partial charge in [0.25, 0.3) is 11.6 Å². The number of hydrogen-bond donors (Lipinski definition) is 2. The van der Waals surface area contributed by atoms with Crippen molar-refractivity contribution in [3.05, 3.63) is 87.1 Å². The van der Waals surface area contributed by atoms with E-state index in [0.29, 0.717) is 22.5 Å². The van der Waals surface area contributed by atoms with Crippen LogP contribution in [0.15, 0.2) is 65.9 Å². The van der Waals surface area contributed by atoms with Crippen molar-refractivity contribution in [2.75, 3.05) is 19.5 Å². The number of fused-ring (bicyclic) bond motifs is 1. The van der Waals surface area contributed by atoms with Crippen LogP contribution >= 0.6 is 11.8 Å². The summed E-state index contributed by atoms with van der Waals surface area (Å²) in [5, 5.41) is 13.0. The summed E-state index contributed by atoms with van der Waals surface area (Å²) in [6.45, 7) is -0.00606. The molecule has 0 saturated carbocycles. The van der Waals surface area contributed by atoms with Crippen molar-refractivity contribution in [1.82, 2.24) is 10.2 Å². The molecule has 1 saturated heterocycles. The number of nitrogens with one attached hydrogen (secondary N) is 1. The van der Waals surface area contributed by atoms with Crippen LogP contribution in [0.5, 0.6) is 0 Å². The largest absolute Gasteiger partial charge is 0.456 e. The molecule has 2 unspecified atom stereocenters. The first-order chi connectivity index (χ1) is 17.3. The Morgan fingerprint density at radius 2 is 1.89 bits per heavy atom. The zero-order chi connectivity index (χ0) is 25.8. The molecule has 36 heavy (non-hydrogen) atoms. The van der Waals surface area contributed by atoms with E-state index < -0.39 is 40.2 Å². The van der Waals surface area contributed by atoms with E-state index in [0.717, 1.165) is 0 Å². The lowest BCUT2D eigenvalue weighted by molar-refractivity contribution is -0.384. The van der Waals surface area contributed by atoms with Gasteiger partial charge in [-0.1, -0.05) is 30.3 Å². The first-order valence-electron chi connectivity index (χ1n) is 11.0. The Labute approximate surface area is 210 Å². The number of methoxy groups -OCH3 is 1. The molecule has 3 atom stereocenters. The van der Waals surface area contributed by atoms with Gasteiger partial charge in [-0.15, -0.1) is 11.8 Å². The number of carbonyl (C=O) groups excluding carboxylic acids is 3. The van der Waals surface area contributed by atoms with E-state index >= 15 is 0 Å². The summed E-state index contributed by atoms with van der Waals surface area (Å²) in [4.78, 5) is 50.4. The van der Waals surface area contributed by atoms with Crippen molar-refractivity contribution in [2.24, 2.45) is 5.73 Å². The van der Waals surface area contributed by atoms with Gasteiger partial charge < -0.3 is 20.5 Å². The first-order valence-corrected chi connectivity index (χ1v) is 12.0. The van der Waals surface area contributed by atoms with Gasteiger partial charge in [0.05, 0.1) is 11.5 Å². The summed E-state index contributed by atoms with van der Waals surface area (Å²) in [5.41, 5.74) is 7.83. The fourth-order valence-corrected chi connectivity index (χ4v) is 5.27. The molecule has 12 heteroatoms. The molecular weight excluding hydrogens is 488 g/mol. The Morgan fingerprint density at radius 1 is 1.19 bits per heavy atom. The maximum Gasteiger partial charge on any atom is 0.355 e. The quantitative estimate of drug-likeness (QED) is 0.221. The SMILES string of the molecule is COCC1=C(C(=O)OCc2ccc([N+](=O)[O-])cc2)N2C(=O)C(NC(=O)C(N)c3ccccc3)[C@@H]2SC1. The number of thioether (sulfide) groups is 1. The molecule has 2 amide bonds. The number of nitro benzene ring substituents is 1. The van der Waals surface area contributed by atoms with Gasteiger partial charge in [0.2, 0.25) is 5.91 Å². The number of β-lactam (4-membered cyclic amide) rings is 1. The van der Waals surface area contributed by atoms with Gasteiger partial charge in [0.1, 0.15) is 29.8 Å². The highest BCUT2D eigenvalue weighted by atomic mass is 32.2. The molecule has 0 spiro atoms. The minimum absolute atomic E-state index is 0.0754. The maximum atomic E-state index is 13.0. The van der Waals surface area contributed by atoms with Crippen LogP contribution in [0.25, 0.3) is 0 Å². The minimum Gasteiger partial charge on any atom is -0.456 e. The van der Waals surface area contributed by atoms with Crippen LogP contribution in [-0.2, 0) is 30.5 Å². The number of benzene rings is 2. The Hall–Kier alpha value is -3.74. The number of nitrogens with zero attached hydrogens (tertiary/aromatic N) is 2. The second-order valence-corrected chi connectivity index (χ2v) is 9.27. The Balaban J connectivity index is 1.45. The first kappa shape index (κ1) is 25.4. The van der Waals surface area contributed by atoms with Gasteiger partial charge in [0, 0.05) is 25.0 Å². The number of amides is 2. The highest BCUT2D eigenvalue weighted by Gasteiger charge is 2.54. The van der Waals surface area contributed by atoms with E-state index in [2.05, 4.69) is 5.32 Å². The van der Waals surface area contributed by atoms with Crippen LogP contribution in [0.4, 0.5) is 5.69 Å². The van der Waals surface area contributed by atoms with Crippen molar-refractivity contribution in [3.63, 3.8) is 0 Å². The predicted molar refractivity (Wildman–Crippen MR) is 130 cm³/mol. The number of ether oxygens (including phenoxy) is 2. The van der Waals surface area contributed by atoms with Crippen LogP contribution in [0.3, 0.4) is 0 Å². The van der Waals surface area contributed by atoms with Crippen LogP contribution in [-0.4, -0.2) is 58.5 Å². The third kappa shape index (κ3) is 5.10. The highest BCUT2D eigenvalue weighted by Crippen LogP contribution is 2.41. The molecule has 0 aromatic heterocycles. The fraction of sp³-hybridized carbons (Fsp3) is 0.292. The van der Waals surface area contributed by atoms with Gasteiger partial charge >= 0.3 is 5.97 Å². The molecule has 3 N–H and O–H groups in total. The van der Waals surface area contributed by atoms with Crippen LogP contribution in [0.1, 0.15) is 17.2 Å². The monoisotopic (exact) mass is 512 g/mol. The van der Waals surface area contributed by atoms with Gasteiger partial charge in [-0.3, -0.25) is 24.6 Å². The van der Waals surface area contributed by atoms with Crippen molar-refractivity contribution in [3.8, 4) is 0 Å². The van der Waals surface area contributed by atoms with E-state index in [1.54, 1.807) is 24.3 Å². The van der Waals surface area contributed by atoms with Crippen LogP contribution in [0, 0.1) is 10.1 Å². The molecule has 2 aromatic rings. The lowest BCUT2D eigenvalue weighted by Crippen LogP contribution is -2.71. The average Bonchev–Trinajstić information content (AvgIpc) is 2.90. The standard InChI is InChI=1S/C24H24N4O7S/c1-34-12-16-13-36-23-19(26-21(29)18(25)15-5-3-2-4-6-15)22(30)27(23)20(16)24(31)35-11-14-7-9-17(10-8-14)28(32)33/h2-10,18-19,23H,11-13,25H2,1H3,(H,26,29)/t18?,19?,23-/m0/s1. The van der Waals surface area contributed by atoms with E-state index in [-0.39, 0.29) is 24.6 Å². The molecule has 2 aliphatic heterocycles. The fourth-order valence-electron chi connectivity index (χ4n) is 3.94. The molecule has 0 bridgehead atoms. The van der Waals surface area contributed by atoms with Crippen molar-refractivity contribution >= 4 is 35.2 Å². The Kier molecular flexibility index (Phi) is 7.67. The lowest BCUT2D eigenvalue weighted by Gasteiger charge is -2.49. The second kappa shape index (κ2) is 10.9. The van der Waals surface area contributed by atoms with Gasteiger partial charge in [0.15, 0.2) is 0 Å². The smallest absolute Gasteiger partial charge is 0.355 e. The average molecular weight is 513 g/mol. The van der Waals surface area contributed by atoms with Crippen molar-refractivity contribution in [1.29, 1.82) is 0 Å². The molecule has 11 nitrogen and oxygen atoms in total. The minimum atomic E-state index is -0.938. The van der Waals surface area contributed by atoms with Gasteiger partial charge in [-0.2, -0.15) is 0 Å².